The maximum Gasteiger partial charge on any atom is 0.387 e. The lowest BCUT2D eigenvalue weighted by Gasteiger charge is -2.26. The van der Waals surface area contributed by atoms with Crippen LogP contribution in [0.5, 0.6) is 11.5 Å². The lowest BCUT2D eigenvalue weighted by molar-refractivity contribution is -0.0498. The van der Waals surface area contributed by atoms with Crippen LogP contribution >= 0.6 is 0 Å². The SMILES string of the molecule is O=C(NN1CCCCC1)c1ccc2c(c1)cc(COc1ccccc1)n2Cc1cccc(OC(F)F)c1. The third kappa shape index (κ3) is 6.27. The van der Waals surface area contributed by atoms with Crippen LogP contribution in [0.3, 0.4) is 0 Å². The fourth-order valence-corrected chi connectivity index (χ4v) is 4.67. The van der Waals surface area contributed by atoms with Gasteiger partial charge in [-0.05, 0) is 66.9 Å². The zero-order valence-electron chi connectivity index (χ0n) is 20.4. The summed E-state index contributed by atoms with van der Waals surface area (Å²) in [4.78, 5) is 12.9. The number of para-hydroxylation sites is 1. The van der Waals surface area contributed by atoms with Gasteiger partial charge in [-0.15, -0.1) is 0 Å². The lowest BCUT2D eigenvalue weighted by Crippen LogP contribution is -2.45. The predicted molar refractivity (Wildman–Crippen MR) is 138 cm³/mol. The summed E-state index contributed by atoms with van der Waals surface area (Å²) in [5.41, 5.74) is 6.22. The summed E-state index contributed by atoms with van der Waals surface area (Å²) in [6.45, 7) is -0.427. The molecule has 0 saturated carbocycles. The number of nitrogens with one attached hydrogen (secondary N) is 1. The molecule has 8 heteroatoms. The van der Waals surface area contributed by atoms with Crippen LogP contribution in [0.25, 0.3) is 10.9 Å². The Morgan fingerprint density at radius 2 is 1.68 bits per heavy atom. The molecule has 1 fully saturated rings. The number of rotatable bonds is 9. The van der Waals surface area contributed by atoms with Crippen LogP contribution < -0.4 is 14.9 Å². The number of aromatic nitrogens is 1. The van der Waals surface area contributed by atoms with Gasteiger partial charge in [-0.3, -0.25) is 10.2 Å². The van der Waals surface area contributed by atoms with Crippen molar-refractivity contribution < 1.29 is 23.0 Å². The fraction of sp³-hybridized carbons (Fsp3) is 0.276. The summed E-state index contributed by atoms with van der Waals surface area (Å²) < 4.78 is 38.2. The van der Waals surface area contributed by atoms with Crippen molar-refractivity contribution in [1.29, 1.82) is 0 Å². The molecule has 6 nitrogen and oxygen atoms in total. The molecule has 0 bridgehead atoms. The Labute approximate surface area is 214 Å². The van der Waals surface area contributed by atoms with E-state index in [2.05, 4.69) is 14.7 Å². The number of ether oxygens (including phenoxy) is 2. The predicted octanol–water partition coefficient (Wildman–Crippen LogP) is 6.00. The van der Waals surface area contributed by atoms with E-state index in [1.54, 1.807) is 12.1 Å². The van der Waals surface area contributed by atoms with Crippen LogP contribution in [0.2, 0.25) is 0 Å². The molecule has 1 aliphatic heterocycles. The zero-order chi connectivity index (χ0) is 25.6. The van der Waals surface area contributed by atoms with Crippen molar-refractivity contribution in [3.63, 3.8) is 0 Å². The maximum absolute atomic E-state index is 12.9. The van der Waals surface area contributed by atoms with E-state index in [-0.39, 0.29) is 11.7 Å². The maximum atomic E-state index is 12.9. The van der Waals surface area contributed by atoms with Gasteiger partial charge in [0.15, 0.2) is 0 Å². The highest BCUT2D eigenvalue weighted by Crippen LogP contribution is 2.26. The number of carbonyl (C=O) groups is 1. The van der Waals surface area contributed by atoms with Crippen molar-refractivity contribution in [2.24, 2.45) is 0 Å². The highest BCUT2D eigenvalue weighted by Gasteiger charge is 2.17. The molecular weight excluding hydrogens is 476 g/mol. The van der Waals surface area contributed by atoms with Gasteiger partial charge in [-0.2, -0.15) is 8.78 Å². The average Bonchev–Trinajstić information content (AvgIpc) is 3.25. The molecular formula is C29H29F2N3O3. The van der Waals surface area contributed by atoms with E-state index < -0.39 is 6.61 Å². The van der Waals surface area contributed by atoms with Crippen LogP contribution in [-0.2, 0) is 13.2 Å². The minimum absolute atomic E-state index is 0.114. The number of alkyl halides is 2. The summed E-state index contributed by atoms with van der Waals surface area (Å²) in [7, 11) is 0. The Hall–Kier alpha value is -3.91. The first-order chi connectivity index (χ1) is 18.0. The standard InChI is InChI=1S/C29H29F2N3O3/c30-29(31)37-26-11-7-8-21(16-26)19-34-24(20-36-25-9-3-1-4-10-25)18-23-17-22(12-13-27(23)34)28(35)32-33-14-5-2-6-15-33/h1,3-4,7-13,16-18,29H,2,5-6,14-15,19-20H2,(H,32,35). The summed E-state index contributed by atoms with van der Waals surface area (Å²) >= 11 is 0. The first-order valence-electron chi connectivity index (χ1n) is 12.4. The van der Waals surface area contributed by atoms with Gasteiger partial charge < -0.3 is 14.0 Å². The van der Waals surface area contributed by atoms with Crippen LogP contribution in [0.1, 0.15) is 40.9 Å². The van der Waals surface area contributed by atoms with E-state index >= 15 is 0 Å². The summed E-state index contributed by atoms with van der Waals surface area (Å²) in [5.74, 6) is 0.728. The number of nitrogens with zero attached hydrogens (tertiary/aromatic N) is 2. The van der Waals surface area contributed by atoms with E-state index in [0.717, 1.165) is 53.8 Å². The second-order valence-corrected chi connectivity index (χ2v) is 9.11. The minimum Gasteiger partial charge on any atom is -0.487 e. The van der Waals surface area contributed by atoms with Gasteiger partial charge in [0.05, 0.1) is 5.69 Å². The van der Waals surface area contributed by atoms with Gasteiger partial charge >= 0.3 is 6.61 Å². The van der Waals surface area contributed by atoms with E-state index in [9.17, 15) is 13.6 Å². The molecule has 2 heterocycles. The highest BCUT2D eigenvalue weighted by molar-refractivity contribution is 5.98. The molecule has 0 spiro atoms. The molecule has 0 atom stereocenters. The van der Waals surface area contributed by atoms with Crippen LogP contribution in [0.4, 0.5) is 8.78 Å². The normalized spacial score (nSPS) is 14.1. The molecule has 5 rings (SSSR count). The third-order valence-electron chi connectivity index (χ3n) is 6.46. The molecule has 37 heavy (non-hydrogen) atoms. The van der Waals surface area contributed by atoms with Crippen LogP contribution in [-0.4, -0.2) is 35.2 Å². The highest BCUT2D eigenvalue weighted by atomic mass is 19.3. The number of hydrogen-bond acceptors (Lipinski definition) is 4. The number of amides is 1. The van der Waals surface area contributed by atoms with Crippen LogP contribution in [0.15, 0.2) is 78.9 Å². The van der Waals surface area contributed by atoms with Gasteiger partial charge in [0.2, 0.25) is 0 Å². The topological polar surface area (TPSA) is 55.7 Å². The number of benzene rings is 3. The Balaban J connectivity index is 1.43. The van der Waals surface area contributed by atoms with Gasteiger partial charge in [0.25, 0.3) is 5.91 Å². The Bertz CT molecular complexity index is 1350. The smallest absolute Gasteiger partial charge is 0.387 e. The molecule has 1 saturated heterocycles. The lowest BCUT2D eigenvalue weighted by atomic mass is 10.1. The number of fused-ring (bicyclic) bond motifs is 1. The van der Waals surface area contributed by atoms with E-state index in [4.69, 9.17) is 4.74 Å². The molecule has 1 aliphatic rings. The van der Waals surface area contributed by atoms with Gasteiger partial charge in [0, 0.05) is 36.1 Å². The molecule has 1 amide bonds. The number of carbonyl (C=O) groups excluding carboxylic acids is 1. The van der Waals surface area contributed by atoms with Gasteiger partial charge in [0.1, 0.15) is 18.1 Å². The second-order valence-electron chi connectivity index (χ2n) is 9.11. The summed E-state index contributed by atoms with van der Waals surface area (Å²) in [5, 5.41) is 2.88. The van der Waals surface area contributed by atoms with E-state index in [1.165, 1.54) is 12.5 Å². The van der Waals surface area contributed by atoms with Gasteiger partial charge in [-0.1, -0.05) is 36.8 Å². The summed E-state index contributed by atoms with van der Waals surface area (Å²) in [6, 6.07) is 23.8. The molecule has 1 N–H and O–H groups in total. The van der Waals surface area contributed by atoms with Crippen molar-refractivity contribution in [1.82, 2.24) is 15.0 Å². The number of hydrazine groups is 1. The van der Waals surface area contributed by atoms with E-state index in [0.29, 0.717) is 18.7 Å². The first kappa shape index (κ1) is 24.8. The van der Waals surface area contributed by atoms with Gasteiger partial charge in [-0.25, -0.2) is 5.01 Å². The molecule has 192 valence electrons. The Morgan fingerprint density at radius 3 is 2.46 bits per heavy atom. The van der Waals surface area contributed by atoms with Crippen LogP contribution in [0, 0.1) is 0 Å². The molecule has 3 aromatic carbocycles. The second kappa shape index (κ2) is 11.4. The number of halogens is 2. The largest absolute Gasteiger partial charge is 0.487 e. The monoisotopic (exact) mass is 505 g/mol. The molecule has 0 radical (unpaired) electrons. The van der Waals surface area contributed by atoms with Crippen molar-refractivity contribution in [3.05, 3.63) is 95.7 Å². The van der Waals surface area contributed by atoms with Crippen molar-refractivity contribution >= 4 is 16.8 Å². The number of piperidine rings is 1. The molecule has 0 unspecified atom stereocenters. The molecule has 0 aliphatic carbocycles. The van der Waals surface area contributed by atoms with Crippen molar-refractivity contribution in [3.8, 4) is 11.5 Å². The van der Waals surface area contributed by atoms with E-state index in [1.807, 2.05) is 65.7 Å². The van der Waals surface area contributed by atoms with Crippen molar-refractivity contribution in [2.45, 2.75) is 39.0 Å². The Morgan fingerprint density at radius 1 is 0.892 bits per heavy atom. The minimum atomic E-state index is -2.88. The fourth-order valence-electron chi connectivity index (χ4n) is 4.67. The van der Waals surface area contributed by atoms with Crippen molar-refractivity contribution in [2.75, 3.05) is 13.1 Å². The average molecular weight is 506 g/mol. The summed E-state index contributed by atoms with van der Waals surface area (Å²) in [6.07, 6.45) is 3.35. The Kier molecular flexibility index (Phi) is 7.65. The third-order valence-corrected chi connectivity index (χ3v) is 6.46. The zero-order valence-corrected chi connectivity index (χ0v) is 20.4. The quantitative estimate of drug-likeness (QED) is 0.303. The number of hydrogen-bond donors (Lipinski definition) is 1. The molecule has 1 aromatic heterocycles. The first-order valence-corrected chi connectivity index (χ1v) is 12.4. The molecule has 4 aromatic rings.